The van der Waals surface area contributed by atoms with Crippen molar-refractivity contribution in [1.82, 2.24) is 5.32 Å². The van der Waals surface area contributed by atoms with Gasteiger partial charge in [-0.25, -0.2) is 0 Å². The van der Waals surface area contributed by atoms with Crippen LogP contribution in [0.1, 0.15) is 32.5 Å². The molecule has 1 N–H and O–H groups in total. The molecule has 0 aliphatic carbocycles. The van der Waals surface area contributed by atoms with Gasteiger partial charge in [0.25, 0.3) is 0 Å². The van der Waals surface area contributed by atoms with Gasteiger partial charge in [0.05, 0.1) is 6.04 Å². The zero-order valence-corrected chi connectivity index (χ0v) is 13.6. The molecule has 2 aromatic rings. The lowest BCUT2D eigenvalue weighted by atomic mass is 9.98. The van der Waals surface area contributed by atoms with E-state index in [-0.39, 0.29) is 6.04 Å². The Hall–Kier alpha value is -0.640. The van der Waals surface area contributed by atoms with E-state index >= 15 is 0 Å². The fourth-order valence-electron chi connectivity index (χ4n) is 2.30. The van der Waals surface area contributed by atoms with Crippen LogP contribution in [0.4, 0.5) is 0 Å². The molecule has 18 heavy (non-hydrogen) atoms. The van der Waals surface area contributed by atoms with Gasteiger partial charge in [-0.05, 0) is 62.7 Å². The Morgan fingerprint density at radius 3 is 2.39 bits per heavy atom. The maximum atomic E-state index is 3.57. The Kier molecular flexibility index (Phi) is 4.25. The summed E-state index contributed by atoms with van der Waals surface area (Å²) in [5.41, 5.74) is 4.04. The van der Waals surface area contributed by atoms with Crippen LogP contribution >= 0.6 is 27.3 Å². The van der Waals surface area contributed by atoms with Gasteiger partial charge in [-0.1, -0.05) is 22.0 Å². The van der Waals surface area contributed by atoms with Crippen LogP contribution in [0.3, 0.4) is 0 Å². The molecule has 0 aliphatic heterocycles. The van der Waals surface area contributed by atoms with E-state index in [0.717, 1.165) is 4.47 Å². The molecule has 2 rings (SSSR count). The van der Waals surface area contributed by atoms with Gasteiger partial charge in [0, 0.05) is 14.2 Å². The van der Waals surface area contributed by atoms with Crippen molar-refractivity contribution >= 4 is 27.3 Å². The monoisotopic (exact) mass is 323 g/mol. The van der Waals surface area contributed by atoms with Crippen molar-refractivity contribution < 1.29 is 0 Å². The lowest BCUT2D eigenvalue weighted by Gasteiger charge is -2.19. The van der Waals surface area contributed by atoms with Crippen LogP contribution in [0, 0.1) is 20.8 Å². The quantitative estimate of drug-likeness (QED) is 0.859. The summed E-state index contributed by atoms with van der Waals surface area (Å²) in [4.78, 5) is 2.78. The number of hydrogen-bond acceptors (Lipinski definition) is 2. The van der Waals surface area contributed by atoms with Crippen LogP contribution in [0.5, 0.6) is 0 Å². The van der Waals surface area contributed by atoms with Gasteiger partial charge in [0.2, 0.25) is 0 Å². The van der Waals surface area contributed by atoms with Crippen molar-refractivity contribution in [1.29, 1.82) is 0 Å². The average molecular weight is 324 g/mol. The number of benzene rings is 1. The summed E-state index contributed by atoms with van der Waals surface area (Å²) in [6.45, 7) is 6.53. The summed E-state index contributed by atoms with van der Waals surface area (Å²) in [7, 11) is 2.03. The van der Waals surface area contributed by atoms with Gasteiger partial charge < -0.3 is 5.32 Å². The van der Waals surface area contributed by atoms with Gasteiger partial charge in [-0.3, -0.25) is 0 Å². The second-order valence-electron chi connectivity index (χ2n) is 4.63. The number of aryl methyl sites for hydroxylation is 3. The number of nitrogens with one attached hydrogen (secondary N) is 1. The first-order chi connectivity index (χ1) is 8.52. The molecule has 1 unspecified atom stereocenters. The highest BCUT2D eigenvalue weighted by molar-refractivity contribution is 9.10. The van der Waals surface area contributed by atoms with Crippen LogP contribution in [-0.2, 0) is 0 Å². The van der Waals surface area contributed by atoms with Crippen molar-refractivity contribution in [2.24, 2.45) is 0 Å². The molecule has 0 bridgehead atoms. The van der Waals surface area contributed by atoms with E-state index in [1.54, 1.807) is 0 Å². The van der Waals surface area contributed by atoms with Gasteiger partial charge >= 0.3 is 0 Å². The van der Waals surface area contributed by atoms with Crippen molar-refractivity contribution in [2.45, 2.75) is 26.8 Å². The predicted molar refractivity (Wildman–Crippen MR) is 83.6 cm³/mol. The van der Waals surface area contributed by atoms with Crippen LogP contribution in [0.15, 0.2) is 28.7 Å². The Morgan fingerprint density at radius 1 is 1.11 bits per heavy atom. The molecule has 0 spiro atoms. The molecule has 0 fully saturated rings. The number of halogens is 1. The van der Waals surface area contributed by atoms with E-state index in [1.807, 2.05) is 18.4 Å². The van der Waals surface area contributed by atoms with Gasteiger partial charge in [0.15, 0.2) is 0 Å². The second kappa shape index (κ2) is 5.55. The SMILES string of the molecule is CNC(c1cc(Br)ccc1C)c1sc(C)cc1C. The highest BCUT2D eigenvalue weighted by Crippen LogP contribution is 2.34. The standard InChI is InChI=1S/C15H18BrNS/c1-9-5-6-12(16)8-13(9)14(17-4)15-10(2)7-11(3)18-15/h5-8,14,17H,1-4H3. The van der Waals surface area contributed by atoms with Crippen molar-refractivity contribution in [3.63, 3.8) is 0 Å². The molecule has 0 saturated heterocycles. The van der Waals surface area contributed by atoms with E-state index in [0.29, 0.717) is 0 Å². The van der Waals surface area contributed by atoms with Crippen LogP contribution in [-0.4, -0.2) is 7.05 Å². The first-order valence-electron chi connectivity index (χ1n) is 6.03. The fraction of sp³-hybridized carbons (Fsp3) is 0.333. The van der Waals surface area contributed by atoms with Gasteiger partial charge in [0.1, 0.15) is 0 Å². The molecule has 1 atom stereocenters. The Balaban J connectivity index is 2.51. The number of thiophene rings is 1. The zero-order chi connectivity index (χ0) is 13.3. The molecule has 96 valence electrons. The third-order valence-electron chi connectivity index (χ3n) is 3.18. The number of rotatable bonds is 3. The van der Waals surface area contributed by atoms with E-state index in [2.05, 4.69) is 66.3 Å². The summed E-state index contributed by atoms with van der Waals surface area (Å²) in [5.74, 6) is 0. The molecule has 1 aromatic carbocycles. The van der Waals surface area contributed by atoms with Crippen LogP contribution < -0.4 is 5.32 Å². The first kappa shape index (κ1) is 13.8. The van der Waals surface area contributed by atoms with Crippen LogP contribution in [0.25, 0.3) is 0 Å². The third-order valence-corrected chi connectivity index (χ3v) is 4.89. The molecule has 1 nitrogen and oxygen atoms in total. The molecule has 0 radical (unpaired) electrons. The normalized spacial score (nSPS) is 12.7. The number of hydrogen-bond donors (Lipinski definition) is 1. The summed E-state index contributed by atoms with van der Waals surface area (Å²) in [6, 6.07) is 9.02. The molecule has 0 saturated carbocycles. The Labute approximate surface area is 121 Å². The molecule has 0 aliphatic rings. The molecule has 0 amide bonds. The fourth-order valence-corrected chi connectivity index (χ4v) is 3.84. The lowest BCUT2D eigenvalue weighted by Crippen LogP contribution is -2.18. The summed E-state index contributed by atoms with van der Waals surface area (Å²) < 4.78 is 1.13. The smallest absolute Gasteiger partial charge is 0.0674 e. The summed E-state index contributed by atoms with van der Waals surface area (Å²) in [6.07, 6.45) is 0. The predicted octanol–water partition coefficient (Wildman–Crippen LogP) is 4.74. The molecular weight excluding hydrogens is 306 g/mol. The topological polar surface area (TPSA) is 12.0 Å². The minimum atomic E-state index is 0.279. The highest BCUT2D eigenvalue weighted by atomic mass is 79.9. The maximum absolute atomic E-state index is 3.57. The molecule has 3 heteroatoms. The average Bonchev–Trinajstić information content (AvgIpc) is 2.64. The minimum absolute atomic E-state index is 0.279. The van der Waals surface area contributed by atoms with E-state index in [4.69, 9.17) is 0 Å². The van der Waals surface area contributed by atoms with E-state index in [1.165, 1.54) is 26.4 Å². The summed E-state index contributed by atoms with van der Waals surface area (Å²) >= 11 is 5.44. The van der Waals surface area contributed by atoms with E-state index in [9.17, 15) is 0 Å². The van der Waals surface area contributed by atoms with Gasteiger partial charge in [-0.15, -0.1) is 11.3 Å². The summed E-state index contributed by atoms with van der Waals surface area (Å²) in [5, 5.41) is 3.45. The Morgan fingerprint density at radius 2 is 1.83 bits per heavy atom. The van der Waals surface area contributed by atoms with Crippen molar-refractivity contribution in [3.05, 3.63) is 55.2 Å². The molecule has 1 heterocycles. The van der Waals surface area contributed by atoms with Crippen LogP contribution in [0.2, 0.25) is 0 Å². The maximum Gasteiger partial charge on any atom is 0.0674 e. The first-order valence-corrected chi connectivity index (χ1v) is 7.64. The third kappa shape index (κ3) is 2.68. The van der Waals surface area contributed by atoms with Gasteiger partial charge in [-0.2, -0.15) is 0 Å². The van der Waals surface area contributed by atoms with Crippen molar-refractivity contribution in [3.8, 4) is 0 Å². The molecule has 1 aromatic heterocycles. The largest absolute Gasteiger partial charge is 0.309 e. The zero-order valence-electron chi connectivity index (χ0n) is 11.2. The second-order valence-corrected chi connectivity index (χ2v) is 6.83. The molecular formula is C15H18BrNS. The van der Waals surface area contributed by atoms with E-state index < -0.39 is 0 Å². The highest BCUT2D eigenvalue weighted by Gasteiger charge is 2.18. The Bertz CT molecular complexity index is 560. The van der Waals surface area contributed by atoms with Crippen molar-refractivity contribution in [2.75, 3.05) is 7.05 Å². The lowest BCUT2D eigenvalue weighted by molar-refractivity contribution is 0.695. The minimum Gasteiger partial charge on any atom is -0.309 e.